The van der Waals surface area contributed by atoms with Gasteiger partial charge in [0.25, 0.3) is 5.89 Å². The Bertz CT molecular complexity index is 679. The van der Waals surface area contributed by atoms with Gasteiger partial charge in [0.05, 0.1) is 20.6 Å². The van der Waals surface area contributed by atoms with E-state index in [1.807, 2.05) is 18.2 Å². The van der Waals surface area contributed by atoms with Gasteiger partial charge in [-0.2, -0.15) is 4.98 Å². The van der Waals surface area contributed by atoms with Gasteiger partial charge in [0.1, 0.15) is 11.5 Å². The Labute approximate surface area is 127 Å². The fourth-order valence-electron chi connectivity index (χ4n) is 1.77. The Morgan fingerprint density at radius 3 is 2.82 bits per heavy atom. The molecular weight excluding hydrogens is 286 g/mol. The van der Waals surface area contributed by atoms with Gasteiger partial charge in [0.15, 0.2) is 5.82 Å². The molecule has 0 aliphatic rings. The molecule has 0 bridgehead atoms. The lowest BCUT2D eigenvalue weighted by molar-refractivity contribution is -0.120. The summed E-state index contributed by atoms with van der Waals surface area (Å²) in [5.41, 5.74) is 0.813. The Morgan fingerprint density at radius 1 is 1.32 bits per heavy atom. The van der Waals surface area contributed by atoms with E-state index in [0.717, 1.165) is 5.56 Å². The van der Waals surface area contributed by atoms with Gasteiger partial charge in [-0.25, -0.2) is 0 Å². The maximum Gasteiger partial charge on any atom is 0.250 e. The summed E-state index contributed by atoms with van der Waals surface area (Å²) in [5, 5.41) is 6.24. The van der Waals surface area contributed by atoms with Crippen molar-refractivity contribution < 1.29 is 18.8 Å². The monoisotopic (exact) mass is 303 g/mol. The first-order valence-corrected chi connectivity index (χ1v) is 6.59. The lowest BCUT2D eigenvalue weighted by Gasteiger charge is -2.06. The summed E-state index contributed by atoms with van der Waals surface area (Å²) in [5.74, 6) is 1.87. The molecule has 1 amide bonds. The third-order valence-electron chi connectivity index (χ3n) is 2.92. The van der Waals surface area contributed by atoms with Crippen LogP contribution in [-0.4, -0.2) is 37.3 Å². The number of benzene rings is 1. The Morgan fingerprint density at radius 2 is 2.14 bits per heavy atom. The van der Waals surface area contributed by atoms with Gasteiger partial charge in [0.2, 0.25) is 5.91 Å². The smallest absolute Gasteiger partial charge is 0.250 e. The fourth-order valence-corrected chi connectivity index (χ4v) is 1.77. The molecule has 0 aliphatic heterocycles. The van der Waals surface area contributed by atoms with Crippen molar-refractivity contribution in [3.63, 3.8) is 0 Å². The fraction of sp³-hybridized carbons (Fsp3) is 0.267. The van der Waals surface area contributed by atoms with E-state index in [1.165, 1.54) is 0 Å². The van der Waals surface area contributed by atoms with Crippen molar-refractivity contribution in [2.45, 2.75) is 6.42 Å². The molecule has 7 nitrogen and oxygen atoms in total. The number of methoxy groups -OCH3 is 2. The highest BCUT2D eigenvalue weighted by atomic mass is 16.5. The minimum absolute atomic E-state index is 0.0797. The normalized spacial score (nSPS) is 10.7. The number of nitrogens with zero attached hydrogens (tertiary/aromatic N) is 2. The SMILES string of the molecule is CNC(=O)Cc1noc(/C=C/c2cc(OC)ccc2OC)n1. The average molecular weight is 303 g/mol. The van der Waals surface area contributed by atoms with Crippen LogP contribution in [0.25, 0.3) is 12.2 Å². The zero-order chi connectivity index (χ0) is 15.9. The third kappa shape index (κ3) is 3.85. The molecule has 7 heteroatoms. The van der Waals surface area contributed by atoms with Crippen LogP contribution in [0.5, 0.6) is 11.5 Å². The zero-order valence-corrected chi connectivity index (χ0v) is 12.6. The number of hydrogen-bond donors (Lipinski definition) is 1. The highest BCUT2D eigenvalue weighted by molar-refractivity contribution is 5.77. The number of hydrogen-bond acceptors (Lipinski definition) is 6. The van der Waals surface area contributed by atoms with Crippen LogP contribution in [0.1, 0.15) is 17.3 Å². The topological polar surface area (TPSA) is 86.5 Å². The Hall–Kier alpha value is -2.83. The first kappa shape index (κ1) is 15.6. The van der Waals surface area contributed by atoms with Gasteiger partial charge >= 0.3 is 0 Å². The van der Waals surface area contributed by atoms with Crippen LogP contribution in [0.3, 0.4) is 0 Å². The predicted molar refractivity (Wildman–Crippen MR) is 80.5 cm³/mol. The van der Waals surface area contributed by atoms with Gasteiger partial charge < -0.3 is 19.3 Å². The molecule has 2 rings (SSSR count). The highest BCUT2D eigenvalue weighted by Crippen LogP contribution is 2.25. The summed E-state index contributed by atoms with van der Waals surface area (Å²) in [6.45, 7) is 0. The molecule has 0 saturated carbocycles. The van der Waals surface area contributed by atoms with E-state index < -0.39 is 0 Å². The number of aromatic nitrogens is 2. The first-order chi connectivity index (χ1) is 10.7. The molecule has 1 N–H and O–H groups in total. The second-order valence-electron chi connectivity index (χ2n) is 4.34. The molecule has 0 spiro atoms. The Kier molecular flexibility index (Phi) is 5.13. The van der Waals surface area contributed by atoms with Crippen LogP contribution in [0.2, 0.25) is 0 Å². The van der Waals surface area contributed by atoms with E-state index in [-0.39, 0.29) is 12.3 Å². The van der Waals surface area contributed by atoms with E-state index in [0.29, 0.717) is 23.2 Å². The van der Waals surface area contributed by atoms with Crippen molar-refractivity contribution in [1.29, 1.82) is 0 Å². The molecule has 1 aromatic carbocycles. The molecule has 22 heavy (non-hydrogen) atoms. The molecule has 0 fully saturated rings. The summed E-state index contributed by atoms with van der Waals surface area (Å²) in [7, 11) is 4.74. The molecule has 116 valence electrons. The number of amides is 1. The molecule has 1 aromatic heterocycles. The van der Waals surface area contributed by atoms with Gasteiger partial charge in [-0.3, -0.25) is 4.79 Å². The predicted octanol–water partition coefficient (Wildman–Crippen LogP) is 1.55. The number of rotatable bonds is 6. The van der Waals surface area contributed by atoms with Crippen molar-refractivity contribution in [1.82, 2.24) is 15.5 Å². The van der Waals surface area contributed by atoms with Crippen LogP contribution in [-0.2, 0) is 11.2 Å². The maximum atomic E-state index is 11.2. The highest BCUT2D eigenvalue weighted by Gasteiger charge is 2.08. The summed E-state index contributed by atoms with van der Waals surface area (Å²) >= 11 is 0. The van der Waals surface area contributed by atoms with Crippen LogP contribution >= 0.6 is 0 Å². The number of carbonyl (C=O) groups excluding carboxylic acids is 1. The zero-order valence-electron chi connectivity index (χ0n) is 12.6. The van der Waals surface area contributed by atoms with Crippen molar-refractivity contribution >= 4 is 18.1 Å². The van der Waals surface area contributed by atoms with E-state index in [2.05, 4.69) is 15.5 Å². The van der Waals surface area contributed by atoms with Crippen LogP contribution < -0.4 is 14.8 Å². The van der Waals surface area contributed by atoms with Crippen molar-refractivity contribution in [2.75, 3.05) is 21.3 Å². The van der Waals surface area contributed by atoms with E-state index in [9.17, 15) is 4.79 Å². The van der Waals surface area contributed by atoms with E-state index in [4.69, 9.17) is 14.0 Å². The summed E-state index contributed by atoms with van der Waals surface area (Å²) < 4.78 is 15.5. The minimum Gasteiger partial charge on any atom is -0.497 e. The standard InChI is InChI=1S/C15H17N3O4/c1-16-14(19)9-13-17-15(22-18-13)7-4-10-8-11(20-2)5-6-12(10)21-3/h4-8H,9H2,1-3H3,(H,16,19)/b7-4+. The van der Waals surface area contributed by atoms with Gasteiger partial charge in [-0.15, -0.1) is 0 Å². The lowest BCUT2D eigenvalue weighted by atomic mass is 10.1. The number of ether oxygens (including phenoxy) is 2. The van der Waals surface area contributed by atoms with Crippen molar-refractivity contribution in [3.05, 3.63) is 35.5 Å². The molecule has 0 unspecified atom stereocenters. The molecule has 0 saturated heterocycles. The van der Waals surface area contributed by atoms with E-state index >= 15 is 0 Å². The number of nitrogens with one attached hydrogen (secondary N) is 1. The van der Waals surface area contributed by atoms with Crippen LogP contribution in [0.4, 0.5) is 0 Å². The van der Waals surface area contributed by atoms with Gasteiger partial charge in [0, 0.05) is 18.7 Å². The van der Waals surface area contributed by atoms with Crippen molar-refractivity contribution in [3.8, 4) is 11.5 Å². The largest absolute Gasteiger partial charge is 0.497 e. The second kappa shape index (κ2) is 7.26. The molecule has 0 atom stereocenters. The average Bonchev–Trinajstić information content (AvgIpc) is 2.99. The third-order valence-corrected chi connectivity index (χ3v) is 2.92. The summed E-state index contributed by atoms with van der Waals surface area (Å²) in [4.78, 5) is 15.4. The molecular formula is C15H17N3O4. The Balaban J connectivity index is 2.16. The van der Waals surface area contributed by atoms with Gasteiger partial charge in [-0.05, 0) is 24.3 Å². The molecule has 1 heterocycles. The summed E-state index contributed by atoms with van der Waals surface area (Å²) in [6, 6.07) is 5.45. The minimum atomic E-state index is -0.175. The molecule has 0 aliphatic carbocycles. The molecule has 2 aromatic rings. The van der Waals surface area contributed by atoms with Crippen LogP contribution in [0.15, 0.2) is 22.7 Å². The maximum absolute atomic E-state index is 11.2. The van der Waals surface area contributed by atoms with Gasteiger partial charge in [-0.1, -0.05) is 5.16 Å². The molecule has 0 radical (unpaired) electrons. The first-order valence-electron chi connectivity index (χ1n) is 6.59. The number of likely N-dealkylation sites (N-methyl/N-ethyl adjacent to an activating group) is 1. The van der Waals surface area contributed by atoms with E-state index in [1.54, 1.807) is 33.4 Å². The quantitative estimate of drug-likeness (QED) is 0.871. The second-order valence-corrected chi connectivity index (χ2v) is 4.34. The lowest BCUT2D eigenvalue weighted by Crippen LogP contribution is -2.20. The number of carbonyl (C=O) groups is 1. The van der Waals surface area contributed by atoms with Crippen LogP contribution in [0, 0.1) is 0 Å². The summed E-state index contributed by atoms with van der Waals surface area (Å²) in [6.07, 6.45) is 3.51. The van der Waals surface area contributed by atoms with Crippen molar-refractivity contribution in [2.24, 2.45) is 0 Å².